The second-order valence-electron chi connectivity index (χ2n) is 7.11. The molecule has 0 bridgehead atoms. The van der Waals surface area contributed by atoms with Gasteiger partial charge in [0.15, 0.2) is 16.7 Å². The van der Waals surface area contributed by atoms with Crippen LogP contribution in [0.15, 0.2) is 47.6 Å². The van der Waals surface area contributed by atoms with Gasteiger partial charge in [0.25, 0.3) is 0 Å². The van der Waals surface area contributed by atoms with Crippen LogP contribution in [0, 0.1) is 0 Å². The lowest BCUT2D eigenvalue weighted by atomic mass is 10.2. The fraction of sp³-hybridized carbons (Fsp3) is 0.286. The van der Waals surface area contributed by atoms with Crippen LogP contribution >= 0.6 is 11.8 Å². The Morgan fingerprint density at radius 2 is 1.97 bits per heavy atom. The Kier molecular flexibility index (Phi) is 4.63. The van der Waals surface area contributed by atoms with E-state index in [2.05, 4.69) is 20.6 Å². The van der Waals surface area contributed by atoms with Crippen molar-refractivity contribution in [1.29, 1.82) is 0 Å². The fourth-order valence-corrected chi connectivity index (χ4v) is 3.85. The van der Waals surface area contributed by atoms with Crippen LogP contribution < -0.4 is 20.1 Å². The summed E-state index contributed by atoms with van der Waals surface area (Å²) in [5, 5.41) is 7.61. The summed E-state index contributed by atoms with van der Waals surface area (Å²) in [5.74, 6) is 2.04. The summed E-state index contributed by atoms with van der Waals surface area (Å²) in [6, 6.07) is 13.8. The number of anilines is 2. The molecule has 1 saturated carbocycles. The van der Waals surface area contributed by atoms with Gasteiger partial charge in [0, 0.05) is 23.2 Å². The predicted octanol–water partition coefficient (Wildman–Crippen LogP) is 4.05. The van der Waals surface area contributed by atoms with Crippen LogP contribution in [0.5, 0.6) is 11.5 Å². The van der Waals surface area contributed by atoms with E-state index in [9.17, 15) is 4.79 Å². The zero-order chi connectivity index (χ0) is 19.8. The molecule has 1 aliphatic carbocycles. The number of carbonyl (C=O) groups excluding carboxylic acids is 1. The summed E-state index contributed by atoms with van der Waals surface area (Å²) in [7, 11) is 0. The van der Waals surface area contributed by atoms with E-state index in [0.717, 1.165) is 29.6 Å². The molecule has 2 N–H and O–H groups in total. The number of carbonyl (C=O) groups is 1. The largest absolute Gasteiger partial charge is 0.454 e. The van der Waals surface area contributed by atoms with Crippen molar-refractivity contribution < 1.29 is 14.3 Å². The Bertz CT molecular complexity index is 1090. The summed E-state index contributed by atoms with van der Waals surface area (Å²) in [6.07, 6.45) is 2.32. The number of hydrogen-bond donors (Lipinski definition) is 2. The summed E-state index contributed by atoms with van der Waals surface area (Å²) in [4.78, 5) is 22.0. The Hall–Kier alpha value is -3.00. The van der Waals surface area contributed by atoms with E-state index >= 15 is 0 Å². The van der Waals surface area contributed by atoms with Gasteiger partial charge in [-0.25, -0.2) is 9.97 Å². The molecule has 8 heteroatoms. The van der Waals surface area contributed by atoms with Crippen molar-refractivity contribution >= 4 is 40.1 Å². The first-order valence-corrected chi connectivity index (χ1v) is 10.4. The van der Waals surface area contributed by atoms with E-state index in [4.69, 9.17) is 9.47 Å². The monoisotopic (exact) mass is 408 g/mol. The average molecular weight is 408 g/mol. The quantitative estimate of drug-likeness (QED) is 0.470. The number of nitrogens with one attached hydrogen (secondary N) is 2. The molecule has 29 heavy (non-hydrogen) atoms. The first-order valence-electron chi connectivity index (χ1n) is 9.56. The number of benzene rings is 2. The molecule has 148 valence electrons. The second-order valence-corrected chi connectivity index (χ2v) is 8.42. The lowest BCUT2D eigenvalue weighted by Gasteiger charge is -2.13. The van der Waals surface area contributed by atoms with Crippen LogP contribution in [0.25, 0.3) is 10.9 Å². The molecule has 0 unspecified atom stereocenters. The molecule has 5 rings (SSSR count). The summed E-state index contributed by atoms with van der Waals surface area (Å²) in [6.45, 7) is 2.05. The molecule has 3 aromatic rings. The molecule has 0 radical (unpaired) electrons. The molecule has 1 aromatic heterocycles. The molecular formula is C21H20N4O3S. The Balaban J connectivity index is 1.32. The number of ether oxygens (including phenoxy) is 2. The maximum Gasteiger partial charge on any atom is 0.237 e. The van der Waals surface area contributed by atoms with Crippen molar-refractivity contribution in [3.05, 3.63) is 42.5 Å². The van der Waals surface area contributed by atoms with E-state index in [1.165, 1.54) is 11.8 Å². The summed E-state index contributed by atoms with van der Waals surface area (Å²) < 4.78 is 10.7. The van der Waals surface area contributed by atoms with Gasteiger partial charge in [-0.1, -0.05) is 23.9 Å². The van der Waals surface area contributed by atoms with Gasteiger partial charge in [0.05, 0.1) is 10.8 Å². The highest BCUT2D eigenvalue weighted by Gasteiger charge is 2.24. The molecule has 1 amide bonds. The van der Waals surface area contributed by atoms with Crippen molar-refractivity contribution in [2.75, 3.05) is 17.4 Å². The molecule has 2 aliphatic rings. The minimum Gasteiger partial charge on any atom is -0.454 e. The number of aromatic nitrogens is 2. The number of rotatable bonds is 6. The van der Waals surface area contributed by atoms with Gasteiger partial charge in [0.1, 0.15) is 5.82 Å². The minimum atomic E-state index is -0.365. The third kappa shape index (κ3) is 3.93. The van der Waals surface area contributed by atoms with Crippen LogP contribution in [0.3, 0.4) is 0 Å². The van der Waals surface area contributed by atoms with Crippen LogP contribution in [-0.2, 0) is 4.79 Å². The van der Waals surface area contributed by atoms with E-state index in [0.29, 0.717) is 28.4 Å². The first kappa shape index (κ1) is 18.1. The van der Waals surface area contributed by atoms with Crippen molar-refractivity contribution in [2.45, 2.75) is 36.2 Å². The Labute approximate surface area is 172 Å². The fourth-order valence-electron chi connectivity index (χ4n) is 3.07. The van der Waals surface area contributed by atoms with Crippen LogP contribution in [-0.4, -0.2) is 34.0 Å². The number of fused-ring (bicyclic) bond motifs is 2. The van der Waals surface area contributed by atoms with E-state index in [1.807, 2.05) is 31.2 Å². The zero-order valence-electron chi connectivity index (χ0n) is 15.8. The smallest absolute Gasteiger partial charge is 0.237 e. The molecule has 2 heterocycles. The number of hydrogen-bond acceptors (Lipinski definition) is 7. The topological polar surface area (TPSA) is 85.4 Å². The molecule has 2 aromatic carbocycles. The van der Waals surface area contributed by atoms with Gasteiger partial charge < -0.3 is 20.1 Å². The molecule has 0 saturated heterocycles. The molecule has 1 fully saturated rings. The number of para-hydroxylation sites is 1. The summed E-state index contributed by atoms with van der Waals surface area (Å²) in [5.41, 5.74) is 1.54. The standard InChI is InChI=1S/C21H20N4O3S/c1-12(20(26)23-14-8-9-17-18(10-14)28-11-27-17)29-21-24-16-5-3-2-4-15(16)19(25-21)22-13-6-7-13/h2-5,8-10,12-13H,6-7,11H2,1H3,(H,23,26)(H,22,24,25)/t12-/m1/s1. The molecule has 7 nitrogen and oxygen atoms in total. The van der Waals surface area contributed by atoms with Gasteiger partial charge in [-0.15, -0.1) is 0 Å². The van der Waals surface area contributed by atoms with Crippen molar-refractivity contribution in [3.63, 3.8) is 0 Å². The number of thioether (sulfide) groups is 1. The minimum absolute atomic E-state index is 0.123. The normalized spacial score (nSPS) is 15.9. The van der Waals surface area contributed by atoms with E-state index in [-0.39, 0.29) is 18.0 Å². The molecule has 1 atom stereocenters. The highest BCUT2D eigenvalue weighted by atomic mass is 32.2. The highest BCUT2D eigenvalue weighted by Crippen LogP contribution is 2.35. The first-order chi connectivity index (χ1) is 14.2. The zero-order valence-corrected chi connectivity index (χ0v) is 16.7. The van der Waals surface area contributed by atoms with E-state index < -0.39 is 0 Å². The number of nitrogens with zero attached hydrogens (tertiary/aromatic N) is 2. The van der Waals surface area contributed by atoms with E-state index in [1.54, 1.807) is 18.2 Å². The lowest BCUT2D eigenvalue weighted by Crippen LogP contribution is -2.22. The number of amides is 1. The summed E-state index contributed by atoms with van der Waals surface area (Å²) >= 11 is 1.34. The second kappa shape index (κ2) is 7.44. The Morgan fingerprint density at radius 3 is 2.83 bits per heavy atom. The third-order valence-electron chi connectivity index (χ3n) is 4.79. The Morgan fingerprint density at radius 1 is 1.14 bits per heavy atom. The van der Waals surface area contributed by atoms with Gasteiger partial charge >= 0.3 is 0 Å². The van der Waals surface area contributed by atoms with Gasteiger partial charge in [-0.3, -0.25) is 4.79 Å². The molecule has 0 spiro atoms. The third-order valence-corrected chi connectivity index (χ3v) is 5.75. The van der Waals surface area contributed by atoms with Crippen molar-refractivity contribution in [1.82, 2.24) is 9.97 Å². The van der Waals surface area contributed by atoms with Crippen LogP contribution in [0.4, 0.5) is 11.5 Å². The maximum atomic E-state index is 12.7. The van der Waals surface area contributed by atoms with Gasteiger partial charge in [-0.2, -0.15) is 0 Å². The molecule has 1 aliphatic heterocycles. The highest BCUT2D eigenvalue weighted by molar-refractivity contribution is 8.00. The van der Waals surface area contributed by atoms with Crippen LogP contribution in [0.2, 0.25) is 0 Å². The van der Waals surface area contributed by atoms with Crippen molar-refractivity contribution in [2.24, 2.45) is 0 Å². The van der Waals surface area contributed by atoms with Crippen molar-refractivity contribution in [3.8, 4) is 11.5 Å². The SMILES string of the molecule is C[C@@H](Sc1nc(NC2CC2)c2ccccc2n1)C(=O)Nc1ccc2c(c1)OCO2. The molecular weight excluding hydrogens is 388 g/mol. The van der Waals surface area contributed by atoms with Gasteiger partial charge in [-0.05, 0) is 44.0 Å². The lowest BCUT2D eigenvalue weighted by molar-refractivity contribution is -0.115. The predicted molar refractivity (Wildman–Crippen MR) is 113 cm³/mol. The maximum absolute atomic E-state index is 12.7. The van der Waals surface area contributed by atoms with Gasteiger partial charge in [0.2, 0.25) is 12.7 Å². The van der Waals surface area contributed by atoms with Crippen LogP contribution in [0.1, 0.15) is 19.8 Å². The average Bonchev–Trinajstić information content (AvgIpc) is 3.41.